The third-order valence-corrected chi connectivity index (χ3v) is 1.95. The summed E-state index contributed by atoms with van der Waals surface area (Å²) in [6.45, 7) is 0. The van der Waals surface area contributed by atoms with Crippen LogP contribution in [0, 0.1) is 0 Å². The van der Waals surface area contributed by atoms with E-state index in [1.165, 1.54) is 6.07 Å². The van der Waals surface area contributed by atoms with Gasteiger partial charge in [0, 0.05) is 11.6 Å². The van der Waals surface area contributed by atoms with Crippen molar-refractivity contribution in [2.45, 2.75) is 0 Å². The molecule has 0 aromatic carbocycles. The molecule has 0 saturated heterocycles. The van der Waals surface area contributed by atoms with Gasteiger partial charge in [0.1, 0.15) is 0 Å². The molecule has 0 bridgehead atoms. The number of hydrogen-bond acceptors (Lipinski definition) is 5. The summed E-state index contributed by atoms with van der Waals surface area (Å²) in [6, 6.07) is 6.88. The Morgan fingerprint density at radius 1 is 1.21 bits per heavy atom. The highest BCUT2D eigenvalue weighted by atomic mass is 32.2. The van der Waals surface area contributed by atoms with Gasteiger partial charge in [0.05, 0.1) is 0 Å². The first-order chi connectivity index (χ1) is 6.75. The molecule has 2 rings (SSSR count). The highest BCUT2D eigenvalue weighted by molar-refractivity contribution is 7.61. The fraction of sp³-hybridized carbons (Fsp3) is 0. The molecule has 0 N–H and O–H groups in total. The van der Waals surface area contributed by atoms with E-state index >= 15 is 0 Å². The first-order valence-corrected chi connectivity index (χ1v) is 4.82. The van der Waals surface area contributed by atoms with E-state index in [9.17, 15) is 8.42 Å². The van der Waals surface area contributed by atoms with Crippen LogP contribution in [-0.4, -0.2) is 18.4 Å². The van der Waals surface area contributed by atoms with E-state index in [0.717, 1.165) is 5.39 Å². The van der Waals surface area contributed by atoms with Crippen molar-refractivity contribution in [1.82, 2.24) is 9.97 Å². The molecular formula is C8H5N3O2S. The van der Waals surface area contributed by atoms with Crippen LogP contribution in [0.1, 0.15) is 0 Å². The fourth-order valence-corrected chi connectivity index (χ4v) is 1.32. The molecule has 70 valence electrons. The molecule has 2 aromatic heterocycles. The minimum Gasteiger partial charge on any atom is -0.237 e. The van der Waals surface area contributed by atoms with Crippen molar-refractivity contribution in [3.63, 3.8) is 0 Å². The number of fused-ring (bicyclic) bond motifs is 1. The predicted octanol–water partition coefficient (Wildman–Crippen LogP) is 1.32. The molecule has 5 nitrogen and oxygen atoms in total. The summed E-state index contributed by atoms with van der Waals surface area (Å²) in [6.07, 6.45) is 1.59. The van der Waals surface area contributed by atoms with Crippen LogP contribution in [0.4, 0.5) is 5.82 Å². The molecule has 0 radical (unpaired) electrons. The molecule has 14 heavy (non-hydrogen) atoms. The van der Waals surface area contributed by atoms with Gasteiger partial charge in [-0.25, -0.2) is 9.97 Å². The Kier molecular flexibility index (Phi) is 2.19. The van der Waals surface area contributed by atoms with Gasteiger partial charge in [0.25, 0.3) is 0 Å². The molecule has 0 fully saturated rings. The molecule has 6 heteroatoms. The second-order valence-corrected chi connectivity index (χ2v) is 3.14. The van der Waals surface area contributed by atoms with Crippen LogP contribution in [0.5, 0.6) is 0 Å². The molecule has 0 spiro atoms. The summed E-state index contributed by atoms with van der Waals surface area (Å²) < 4.78 is 23.8. The van der Waals surface area contributed by atoms with Crippen molar-refractivity contribution in [3.8, 4) is 0 Å². The zero-order valence-corrected chi connectivity index (χ0v) is 7.77. The predicted molar refractivity (Wildman–Crippen MR) is 50.5 cm³/mol. The summed E-state index contributed by atoms with van der Waals surface area (Å²) in [5, 5.41) is 0.850. The van der Waals surface area contributed by atoms with Crippen molar-refractivity contribution in [1.29, 1.82) is 0 Å². The Bertz CT molecular complexity index is 599. The highest BCUT2D eigenvalue weighted by Gasteiger charge is 1.96. The van der Waals surface area contributed by atoms with E-state index < -0.39 is 10.5 Å². The van der Waals surface area contributed by atoms with Crippen LogP contribution in [0.15, 0.2) is 34.8 Å². The van der Waals surface area contributed by atoms with Crippen molar-refractivity contribution >= 4 is 27.4 Å². The molecule has 0 atom stereocenters. The van der Waals surface area contributed by atoms with Crippen LogP contribution < -0.4 is 0 Å². The normalized spacial score (nSPS) is 10.0. The number of hydrogen-bond donors (Lipinski definition) is 0. The lowest BCUT2D eigenvalue weighted by atomic mass is 10.3. The summed E-state index contributed by atoms with van der Waals surface area (Å²) in [5.74, 6) is 0.143. The molecular weight excluding hydrogens is 202 g/mol. The van der Waals surface area contributed by atoms with Crippen molar-refractivity contribution in [3.05, 3.63) is 30.5 Å². The summed E-state index contributed by atoms with van der Waals surface area (Å²) >= 11 is 0. The van der Waals surface area contributed by atoms with Crippen molar-refractivity contribution < 1.29 is 8.42 Å². The topological polar surface area (TPSA) is 72.3 Å². The van der Waals surface area contributed by atoms with Crippen LogP contribution in [0.2, 0.25) is 0 Å². The minimum absolute atomic E-state index is 0.143. The van der Waals surface area contributed by atoms with Gasteiger partial charge in [-0.05, 0) is 24.3 Å². The second-order valence-electron chi connectivity index (χ2n) is 2.53. The lowest BCUT2D eigenvalue weighted by molar-refractivity contribution is 0.622. The van der Waals surface area contributed by atoms with Crippen LogP contribution in [-0.2, 0) is 10.5 Å². The Morgan fingerprint density at radius 3 is 2.86 bits per heavy atom. The van der Waals surface area contributed by atoms with Crippen molar-refractivity contribution in [2.75, 3.05) is 0 Å². The monoisotopic (exact) mass is 207 g/mol. The van der Waals surface area contributed by atoms with Gasteiger partial charge in [-0.2, -0.15) is 8.42 Å². The number of aromatic nitrogens is 2. The molecule has 0 aliphatic heterocycles. The Morgan fingerprint density at radius 2 is 2.07 bits per heavy atom. The maximum absolute atomic E-state index is 10.3. The summed E-state index contributed by atoms with van der Waals surface area (Å²) in [7, 11) is -2.47. The number of pyridine rings is 2. The van der Waals surface area contributed by atoms with Gasteiger partial charge >= 0.3 is 10.5 Å². The van der Waals surface area contributed by atoms with E-state index in [2.05, 4.69) is 14.3 Å². The molecule has 0 aliphatic rings. The highest BCUT2D eigenvalue weighted by Crippen LogP contribution is 2.13. The first kappa shape index (κ1) is 8.76. The maximum atomic E-state index is 10.3. The van der Waals surface area contributed by atoms with E-state index in [4.69, 9.17) is 0 Å². The molecule has 2 heterocycles. The van der Waals surface area contributed by atoms with Gasteiger partial charge < -0.3 is 0 Å². The van der Waals surface area contributed by atoms with Gasteiger partial charge in [-0.1, -0.05) is 0 Å². The molecule has 0 amide bonds. The van der Waals surface area contributed by atoms with E-state index in [-0.39, 0.29) is 5.82 Å². The first-order valence-electron chi connectivity index (χ1n) is 3.78. The zero-order chi connectivity index (χ0) is 9.97. The quantitative estimate of drug-likeness (QED) is 0.707. The van der Waals surface area contributed by atoms with Gasteiger partial charge in [0.2, 0.25) is 0 Å². The van der Waals surface area contributed by atoms with Gasteiger partial charge in [0.15, 0.2) is 11.5 Å². The van der Waals surface area contributed by atoms with E-state index in [0.29, 0.717) is 5.65 Å². The Balaban J connectivity index is 2.68. The van der Waals surface area contributed by atoms with Crippen LogP contribution >= 0.6 is 0 Å². The van der Waals surface area contributed by atoms with Crippen LogP contribution in [0.3, 0.4) is 0 Å². The van der Waals surface area contributed by atoms with E-state index in [1.54, 1.807) is 18.3 Å². The fourth-order valence-electron chi connectivity index (χ4n) is 1.07. The van der Waals surface area contributed by atoms with Gasteiger partial charge in [-0.3, -0.25) is 0 Å². The molecule has 0 saturated carbocycles. The van der Waals surface area contributed by atoms with E-state index in [1.807, 2.05) is 6.07 Å². The lowest BCUT2D eigenvalue weighted by Crippen LogP contribution is -1.81. The second kappa shape index (κ2) is 3.51. The zero-order valence-electron chi connectivity index (χ0n) is 6.95. The third-order valence-electron chi connectivity index (χ3n) is 1.62. The summed E-state index contributed by atoms with van der Waals surface area (Å²) in [4.78, 5) is 7.92. The number of nitrogens with zero attached hydrogens (tertiary/aromatic N) is 3. The minimum atomic E-state index is -2.47. The largest absolute Gasteiger partial charge is 0.317 e. The molecule has 0 unspecified atom stereocenters. The van der Waals surface area contributed by atoms with Gasteiger partial charge in [-0.15, -0.1) is 4.36 Å². The maximum Gasteiger partial charge on any atom is 0.317 e. The smallest absolute Gasteiger partial charge is 0.237 e. The molecule has 2 aromatic rings. The molecule has 0 aliphatic carbocycles. The Labute approximate surface area is 81.1 Å². The SMILES string of the molecule is O=S(=O)=Nc1ccc2cccnc2n1. The van der Waals surface area contributed by atoms with Crippen LogP contribution in [0.25, 0.3) is 11.0 Å². The summed E-state index contributed by atoms with van der Waals surface area (Å²) in [5.41, 5.74) is 0.485. The number of rotatable bonds is 1. The van der Waals surface area contributed by atoms with Crippen molar-refractivity contribution in [2.24, 2.45) is 4.36 Å². The average molecular weight is 207 g/mol. The standard InChI is InChI=1S/C8H5N3O2S/c12-14(13)11-7-4-3-6-2-1-5-9-8(6)10-7/h1-5H. The Hall–Kier alpha value is -1.82. The average Bonchev–Trinajstić information content (AvgIpc) is 2.17. The lowest BCUT2D eigenvalue weighted by Gasteiger charge is -1.94. The third kappa shape index (κ3) is 1.74.